The van der Waals surface area contributed by atoms with Gasteiger partial charge >= 0.3 is 0 Å². The quantitative estimate of drug-likeness (QED) is 0.749. The van der Waals surface area contributed by atoms with Crippen LogP contribution < -0.4 is 15.0 Å². The molecule has 138 valence electrons. The monoisotopic (exact) mass is 392 g/mol. The van der Waals surface area contributed by atoms with Crippen LogP contribution in [0.5, 0.6) is 5.75 Å². The van der Waals surface area contributed by atoms with E-state index in [0.29, 0.717) is 15.8 Å². The van der Waals surface area contributed by atoms with Gasteiger partial charge in [-0.1, -0.05) is 29.3 Å². The SMILES string of the molecule is Cc1cc(Cl)ccc1OCC(=O)Nc1cccc(Cl)c1N1CCCCC1. The number of carbonyl (C=O) groups excluding carboxylic acids is 1. The van der Waals surface area contributed by atoms with Gasteiger partial charge in [0.25, 0.3) is 5.91 Å². The molecule has 0 bridgehead atoms. The summed E-state index contributed by atoms with van der Waals surface area (Å²) >= 11 is 12.4. The number of amides is 1. The average molecular weight is 393 g/mol. The number of nitrogens with one attached hydrogen (secondary N) is 1. The van der Waals surface area contributed by atoms with Crippen LogP contribution >= 0.6 is 23.2 Å². The lowest BCUT2D eigenvalue weighted by atomic mass is 10.1. The van der Waals surface area contributed by atoms with Crippen molar-refractivity contribution in [2.45, 2.75) is 26.2 Å². The van der Waals surface area contributed by atoms with Crippen molar-refractivity contribution < 1.29 is 9.53 Å². The van der Waals surface area contributed by atoms with E-state index in [-0.39, 0.29) is 12.5 Å². The van der Waals surface area contributed by atoms with Crippen LogP contribution in [0.1, 0.15) is 24.8 Å². The van der Waals surface area contributed by atoms with E-state index in [1.54, 1.807) is 18.2 Å². The van der Waals surface area contributed by atoms with E-state index in [9.17, 15) is 4.79 Å². The van der Waals surface area contributed by atoms with Crippen molar-refractivity contribution in [2.75, 3.05) is 29.9 Å². The summed E-state index contributed by atoms with van der Waals surface area (Å²) in [6.07, 6.45) is 3.51. The van der Waals surface area contributed by atoms with E-state index in [4.69, 9.17) is 27.9 Å². The predicted molar refractivity (Wildman–Crippen MR) is 108 cm³/mol. The fraction of sp³-hybridized carbons (Fsp3) is 0.350. The average Bonchev–Trinajstić information content (AvgIpc) is 2.62. The van der Waals surface area contributed by atoms with Gasteiger partial charge in [0.05, 0.1) is 16.4 Å². The molecule has 0 radical (unpaired) electrons. The molecule has 0 aromatic heterocycles. The van der Waals surface area contributed by atoms with Crippen LogP contribution in [0, 0.1) is 6.92 Å². The highest BCUT2D eigenvalue weighted by Gasteiger charge is 2.19. The third-order valence-corrected chi connectivity index (χ3v) is 4.97. The van der Waals surface area contributed by atoms with Crippen LogP contribution in [0.2, 0.25) is 10.0 Å². The van der Waals surface area contributed by atoms with Crippen molar-refractivity contribution in [3.63, 3.8) is 0 Å². The van der Waals surface area contributed by atoms with Crippen molar-refractivity contribution in [2.24, 2.45) is 0 Å². The Balaban J connectivity index is 1.68. The molecule has 2 aromatic carbocycles. The lowest BCUT2D eigenvalue weighted by molar-refractivity contribution is -0.118. The molecule has 1 amide bonds. The molecule has 1 fully saturated rings. The Hall–Kier alpha value is -1.91. The number of halogens is 2. The molecule has 3 rings (SSSR count). The molecule has 1 N–H and O–H groups in total. The highest BCUT2D eigenvalue weighted by atomic mass is 35.5. The molecule has 0 unspecified atom stereocenters. The minimum absolute atomic E-state index is 0.0750. The zero-order valence-corrected chi connectivity index (χ0v) is 16.2. The van der Waals surface area contributed by atoms with E-state index >= 15 is 0 Å². The van der Waals surface area contributed by atoms with Gasteiger partial charge in [-0.3, -0.25) is 4.79 Å². The molecule has 0 saturated carbocycles. The minimum atomic E-state index is -0.222. The first-order valence-corrected chi connectivity index (χ1v) is 9.52. The number of anilines is 2. The lowest BCUT2D eigenvalue weighted by Gasteiger charge is -2.31. The Bertz CT molecular complexity index is 789. The van der Waals surface area contributed by atoms with E-state index in [1.165, 1.54) is 6.42 Å². The van der Waals surface area contributed by atoms with Gasteiger partial charge in [0.1, 0.15) is 5.75 Å². The van der Waals surface area contributed by atoms with Gasteiger partial charge in [0.15, 0.2) is 6.61 Å². The summed E-state index contributed by atoms with van der Waals surface area (Å²) in [5.74, 6) is 0.423. The number of nitrogens with zero attached hydrogens (tertiary/aromatic N) is 1. The smallest absolute Gasteiger partial charge is 0.262 e. The van der Waals surface area contributed by atoms with Crippen LogP contribution in [-0.2, 0) is 4.79 Å². The Kier molecular flexibility index (Phi) is 6.28. The topological polar surface area (TPSA) is 41.6 Å². The van der Waals surface area contributed by atoms with Crippen LogP contribution in [0.4, 0.5) is 11.4 Å². The third kappa shape index (κ3) is 4.63. The fourth-order valence-corrected chi connectivity index (χ4v) is 3.68. The second kappa shape index (κ2) is 8.65. The highest BCUT2D eigenvalue weighted by Crippen LogP contribution is 2.35. The summed E-state index contributed by atoms with van der Waals surface area (Å²) in [6, 6.07) is 10.9. The first-order valence-electron chi connectivity index (χ1n) is 8.77. The molecule has 6 heteroatoms. The number of piperidine rings is 1. The number of hydrogen-bond acceptors (Lipinski definition) is 3. The third-order valence-electron chi connectivity index (χ3n) is 4.43. The number of ether oxygens (including phenoxy) is 1. The van der Waals surface area contributed by atoms with Crippen LogP contribution in [0.15, 0.2) is 36.4 Å². The molecule has 0 atom stereocenters. The molecule has 1 aliphatic rings. The maximum atomic E-state index is 12.4. The van der Waals surface area contributed by atoms with Crippen molar-refractivity contribution in [1.82, 2.24) is 0 Å². The summed E-state index contributed by atoms with van der Waals surface area (Å²) in [5.41, 5.74) is 2.51. The molecule has 0 aliphatic carbocycles. The molecule has 2 aromatic rings. The first-order chi connectivity index (χ1) is 12.5. The largest absolute Gasteiger partial charge is 0.483 e. The zero-order valence-electron chi connectivity index (χ0n) is 14.7. The first kappa shape index (κ1) is 18.9. The Labute approximate surface area is 164 Å². The fourth-order valence-electron chi connectivity index (χ4n) is 3.16. The molecule has 4 nitrogen and oxygen atoms in total. The van der Waals surface area contributed by atoms with Gasteiger partial charge in [0.2, 0.25) is 0 Å². The maximum absolute atomic E-state index is 12.4. The molecular weight excluding hydrogens is 371 g/mol. The zero-order chi connectivity index (χ0) is 18.5. The van der Waals surface area contributed by atoms with E-state index in [2.05, 4.69) is 10.2 Å². The number of carbonyl (C=O) groups is 1. The number of para-hydroxylation sites is 1. The Morgan fingerprint density at radius 2 is 1.92 bits per heavy atom. The minimum Gasteiger partial charge on any atom is -0.483 e. The van der Waals surface area contributed by atoms with Crippen molar-refractivity contribution >= 4 is 40.5 Å². The molecular formula is C20H22Cl2N2O2. The molecule has 1 heterocycles. The van der Waals surface area contributed by atoms with Gasteiger partial charge in [-0.25, -0.2) is 0 Å². The second-order valence-electron chi connectivity index (χ2n) is 6.43. The van der Waals surface area contributed by atoms with Crippen molar-refractivity contribution in [3.05, 3.63) is 52.0 Å². The summed E-state index contributed by atoms with van der Waals surface area (Å²) in [5, 5.41) is 4.23. The predicted octanol–water partition coefficient (Wildman–Crippen LogP) is 5.31. The number of aryl methyl sites for hydroxylation is 1. The van der Waals surface area contributed by atoms with Gasteiger partial charge in [-0.15, -0.1) is 0 Å². The molecule has 1 saturated heterocycles. The van der Waals surface area contributed by atoms with Crippen molar-refractivity contribution in [1.29, 1.82) is 0 Å². The number of hydrogen-bond donors (Lipinski definition) is 1. The summed E-state index contributed by atoms with van der Waals surface area (Å²) < 4.78 is 5.62. The summed E-state index contributed by atoms with van der Waals surface area (Å²) in [7, 11) is 0. The Morgan fingerprint density at radius 3 is 2.65 bits per heavy atom. The highest BCUT2D eigenvalue weighted by molar-refractivity contribution is 6.34. The molecule has 0 spiro atoms. The molecule has 1 aliphatic heterocycles. The number of rotatable bonds is 5. The Morgan fingerprint density at radius 1 is 1.15 bits per heavy atom. The van der Waals surface area contributed by atoms with Crippen molar-refractivity contribution in [3.8, 4) is 5.75 Å². The van der Waals surface area contributed by atoms with Crippen LogP contribution in [-0.4, -0.2) is 25.6 Å². The maximum Gasteiger partial charge on any atom is 0.262 e. The summed E-state index contributed by atoms with van der Waals surface area (Å²) in [4.78, 5) is 14.6. The summed E-state index contributed by atoms with van der Waals surface area (Å²) in [6.45, 7) is 3.72. The van der Waals surface area contributed by atoms with Gasteiger partial charge in [0, 0.05) is 18.1 Å². The second-order valence-corrected chi connectivity index (χ2v) is 7.27. The standard InChI is InChI=1S/C20H22Cl2N2O2/c1-14-12-15(21)8-9-18(14)26-13-19(25)23-17-7-5-6-16(22)20(17)24-10-3-2-4-11-24/h5-9,12H,2-4,10-11,13H2,1H3,(H,23,25). The van der Waals surface area contributed by atoms with E-state index in [1.807, 2.05) is 25.1 Å². The van der Waals surface area contributed by atoms with Crippen LogP contribution in [0.25, 0.3) is 0 Å². The van der Waals surface area contributed by atoms with E-state index < -0.39 is 0 Å². The van der Waals surface area contributed by atoms with Gasteiger partial charge in [-0.2, -0.15) is 0 Å². The normalized spacial score (nSPS) is 14.2. The van der Waals surface area contributed by atoms with E-state index in [0.717, 1.165) is 42.9 Å². The molecule has 26 heavy (non-hydrogen) atoms. The lowest BCUT2D eigenvalue weighted by Crippen LogP contribution is -2.31. The number of benzene rings is 2. The van der Waals surface area contributed by atoms with Gasteiger partial charge < -0.3 is 15.0 Å². The van der Waals surface area contributed by atoms with Crippen LogP contribution in [0.3, 0.4) is 0 Å². The van der Waals surface area contributed by atoms with Gasteiger partial charge in [-0.05, 0) is 62.1 Å².